The number of carboxylic acid groups (broad SMARTS) is 1. The van der Waals surface area contributed by atoms with E-state index in [9.17, 15) is 9.18 Å². The highest BCUT2D eigenvalue weighted by atomic mass is 19.1. The number of halogens is 1. The van der Waals surface area contributed by atoms with Crippen LogP contribution < -0.4 is 4.74 Å². The molecule has 6 heteroatoms. The Morgan fingerprint density at radius 3 is 2.67 bits per heavy atom. The molecule has 21 heavy (non-hydrogen) atoms. The topological polar surface area (TPSA) is 75.2 Å². The molecular formula is C15H11FN2O3. The SMILES string of the molecule is COc1ccc(-c2cc(F)c(C(=O)O)c3[nH]cnc23)cc1. The fourth-order valence-electron chi connectivity index (χ4n) is 2.28. The number of nitrogens with one attached hydrogen (secondary N) is 1. The van der Waals surface area contributed by atoms with Crippen molar-refractivity contribution in [1.29, 1.82) is 0 Å². The molecule has 0 fully saturated rings. The molecule has 0 aliphatic carbocycles. The third kappa shape index (κ3) is 2.10. The lowest BCUT2D eigenvalue weighted by molar-refractivity contribution is 0.0694. The minimum Gasteiger partial charge on any atom is -0.497 e. The second-order valence-electron chi connectivity index (χ2n) is 4.44. The Morgan fingerprint density at radius 2 is 2.05 bits per heavy atom. The van der Waals surface area contributed by atoms with Crippen LogP contribution in [0, 0.1) is 5.82 Å². The van der Waals surface area contributed by atoms with Crippen molar-refractivity contribution in [2.45, 2.75) is 0 Å². The number of aromatic amines is 1. The first-order valence-corrected chi connectivity index (χ1v) is 6.15. The molecule has 0 radical (unpaired) electrons. The van der Waals surface area contributed by atoms with Crippen molar-refractivity contribution >= 4 is 17.0 Å². The Labute approximate surface area is 119 Å². The van der Waals surface area contributed by atoms with E-state index in [-0.39, 0.29) is 5.52 Å². The molecule has 3 rings (SSSR count). The van der Waals surface area contributed by atoms with Crippen molar-refractivity contribution in [2.75, 3.05) is 7.11 Å². The van der Waals surface area contributed by atoms with E-state index < -0.39 is 17.3 Å². The van der Waals surface area contributed by atoms with E-state index in [1.807, 2.05) is 0 Å². The monoisotopic (exact) mass is 286 g/mol. The molecule has 0 spiro atoms. The molecular weight excluding hydrogens is 275 g/mol. The quantitative estimate of drug-likeness (QED) is 0.776. The number of imidazole rings is 1. The summed E-state index contributed by atoms with van der Waals surface area (Å²) in [7, 11) is 1.56. The normalized spacial score (nSPS) is 10.8. The lowest BCUT2D eigenvalue weighted by Crippen LogP contribution is -2.02. The zero-order chi connectivity index (χ0) is 15.0. The number of rotatable bonds is 3. The first-order chi connectivity index (χ1) is 10.1. The van der Waals surface area contributed by atoms with Gasteiger partial charge < -0.3 is 14.8 Å². The maximum Gasteiger partial charge on any atom is 0.340 e. The minimum atomic E-state index is -1.33. The Balaban J connectivity index is 2.26. The van der Waals surface area contributed by atoms with E-state index in [1.54, 1.807) is 31.4 Å². The number of H-pyrrole nitrogens is 1. The molecule has 3 aromatic rings. The second kappa shape index (κ2) is 4.90. The smallest absolute Gasteiger partial charge is 0.340 e. The number of aromatic carboxylic acids is 1. The van der Waals surface area contributed by atoms with Gasteiger partial charge in [-0.15, -0.1) is 0 Å². The van der Waals surface area contributed by atoms with Gasteiger partial charge in [0.15, 0.2) is 0 Å². The van der Waals surface area contributed by atoms with Crippen LogP contribution >= 0.6 is 0 Å². The molecule has 0 unspecified atom stereocenters. The van der Waals surface area contributed by atoms with Gasteiger partial charge in [-0.2, -0.15) is 0 Å². The summed E-state index contributed by atoms with van der Waals surface area (Å²) < 4.78 is 19.2. The number of nitrogens with zero attached hydrogens (tertiary/aromatic N) is 1. The maximum atomic E-state index is 14.1. The van der Waals surface area contributed by atoms with Gasteiger partial charge in [-0.1, -0.05) is 12.1 Å². The second-order valence-corrected chi connectivity index (χ2v) is 4.44. The number of carboxylic acids is 1. The summed E-state index contributed by atoms with van der Waals surface area (Å²) in [4.78, 5) is 18.0. The first-order valence-electron chi connectivity index (χ1n) is 6.15. The molecule has 0 aliphatic heterocycles. The van der Waals surface area contributed by atoms with Crippen LogP contribution in [0.5, 0.6) is 5.75 Å². The van der Waals surface area contributed by atoms with Gasteiger partial charge in [0.05, 0.1) is 24.5 Å². The summed E-state index contributed by atoms with van der Waals surface area (Å²) >= 11 is 0. The van der Waals surface area contributed by atoms with Crippen LogP contribution in [0.2, 0.25) is 0 Å². The summed E-state index contributed by atoms with van der Waals surface area (Å²) in [6, 6.07) is 8.21. The van der Waals surface area contributed by atoms with Gasteiger partial charge >= 0.3 is 5.97 Å². The van der Waals surface area contributed by atoms with Crippen molar-refractivity contribution in [3.05, 3.63) is 48.0 Å². The van der Waals surface area contributed by atoms with Crippen LogP contribution in [0.25, 0.3) is 22.2 Å². The van der Waals surface area contributed by atoms with E-state index in [2.05, 4.69) is 9.97 Å². The first kappa shape index (κ1) is 13.1. The molecule has 106 valence electrons. The van der Waals surface area contributed by atoms with E-state index in [4.69, 9.17) is 9.84 Å². The fourth-order valence-corrected chi connectivity index (χ4v) is 2.28. The van der Waals surface area contributed by atoms with E-state index >= 15 is 0 Å². The Hall–Kier alpha value is -2.89. The van der Waals surface area contributed by atoms with E-state index in [0.29, 0.717) is 16.8 Å². The van der Waals surface area contributed by atoms with E-state index in [0.717, 1.165) is 5.56 Å². The van der Waals surface area contributed by atoms with Crippen molar-refractivity contribution < 1.29 is 19.0 Å². The van der Waals surface area contributed by atoms with Crippen LogP contribution in [0.3, 0.4) is 0 Å². The molecule has 0 aliphatic rings. The number of ether oxygens (including phenoxy) is 1. The largest absolute Gasteiger partial charge is 0.497 e. The lowest BCUT2D eigenvalue weighted by atomic mass is 10.0. The molecule has 0 saturated heterocycles. The van der Waals surface area contributed by atoms with Crippen molar-refractivity contribution in [2.24, 2.45) is 0 Å². The van der Waals surface area contributed by atoms with Gasteiger partial charge in [0.2, 0.25) is 0 Å². The van der Waals surface area contributed by atoms with Crippen molar-refractivity contribution in [1.82, 2.24) is 9.97 Å². The molecule has 0 bridgehead atoms. The molecule has 2 aromatic carbocycles. The highest BCUT2D eigenvalue weighted by Gasteiger charge is 2.20. The van der Waals surface area contributed by atoms with Gasteiger partial charge in [-0.05, 0) is 23.8 Å². The Bertz CT molecular complexity index is 825. The molecule has 1 heterocycles. The molecule has 1 aromatic heterocycles. The Morgan fingerprint density at radius 1 is 1.33 bits per heavy atom. The lowest BCUT2D eigenvalue weighted by Gasteiger charge is -2.07. The van der Waals surface area contributed by atoms with Gasteiger partial charge in [0.25, 0.3) is 0 Å². The summed E-state index contributed by atoms with van der Waals surface area (Å²) in [6.45, 7) is 0. The number of benzene rings is 2. The number of fused-ring (bicyclic) bond motifs is 1. The van der Waals surface area contributed by atoms with Gasteiger partial charge in [0, 0.05) is 5.56 Å². The summed E-state index contributed by atoms with van der Waals surface area (Å²) in [6.07, 6.45) is 1.35. The predicted molar refractivity (Wildman–Crippen MR) is 75.0 cm³/mol. The Kier molecular flexibility index (Phi) is 3.06. The number of methoxy groups -OCH3 is 1. The minimum absolute atomic E-state index is 0.174. The molecule has 5 nitrogen and oxygen atoms in total. The summed E-state index contributed by atoms with van der Waals surface area (Å²) in [5, 5.41) is 9.11. The van der Waals surface area contributed by atoms with E-state index in [1.165, 1.54) is 12.4 Å². The highest BCUT2D eigenvalue weighted by Crippen LogP contribution is 2.31. The fraction of sp³-hybridized carbons (Fsp3) is 0.0667. The third-order valence-corrected chi connectivity index (χ3v) is 3.27. The number of aromatic nitrogens is 2. The molecule has 0 atom stereocenters. The van der Waals surface area contributed by atoms with Crippen molar-refractivity contribution in [3.63, 3.8) is 0 Å². The number of carbonyl (C=O) groups is 1. The van der Waals surface area contributed by atoms with Crippen LogP contribution in [0.1, 0.15) is 10.4 Å². The predicted octanol–water partition coefficient (Wildman–Crippen LogP) is 3.08. The highest BCUT2D eigenvalue weighted by molar-refractivity contribution is 6.05. The summed E-state index contributed by atoms with van der Waals surface area (Å²) in [5.74, 6) is -1.45. The van der Waals surface area contributed by atoms with Crippen LogP contribution in [-0.4, -0.2) is 28.2 Å². The average molecular weight is 286 g/mol. The molecule has 0 saturated carbocycles. The van der Waals surface area contributed by atoms with Crippen molar-refractivity contribution in [3.8, 4) is 16.9 Å². The average Bonchev–Trinajstić information content (AvgIpc) is 2.95. The molecule has 2 N–H and O–H groups in total. The zero-order valence-electron chi connectivity index (χ0n) is 11.1. The van der Waals surface area contributed by atoms with Crippen LogP contribution in [-0.2, 0) is 0 Å². The maximum absolute atomic E-state index is 14.1. The zero-order valence-corrected chi connectivity index (χ0v) is 11.1. The molecule has 0 amide bonds. The van der Waals surface area contributed by atoms with Crippen LogP contribution in [0.15, 0.2) is 36.7 Å². The number of hydrogen-bond donors (Lipinski definition) is 2. The summed E-state index contributed by atoms with van der Waals surface area (Å²) in [5.41, 5.74) is 1.44. The van der Waals surface area contributed by atoms with Crippen LogP contribution in [0.4, 0.5) is 4.39 Å². The standard InChI is InChI=1S/C15H11FN2O3/c1-21-9-4-2-8(3-5-9)10-6-11(16)12(15(19)20)14-13(10)17-7-18-14/h2-7H,1H3,(H,17,18)(H,19,20). The van der Waals surface area contributed by atoms with Gasteiger partial charge in [0.1, 0.15) is 17.1 Å². The van der Waals surface area contributed by atoms with Gasteiger partial charge in [-0.25, -0.2) is 14.2 Å². The third-order valence-electron chi connectivity index (χ3n) is 3.27. The number of hydrogen-bond acceptors (Lipinski definition) is 3. The van der Waals surface area contributed by atoms with Gasteiger partial charge in [-0.3, -0.25) is 0 Å².